The first-order valence-electron chi connectivity index (χ1n) is 13.6. The molecule has 0 saturated carbocycles. The molecule has 0 amide bonds. The van der Waals surface area contributed by atoms with E-state index in [9.17, 15) is 9.90 Å². The Balaban J connectivity index is 0.000000350. The molecule has 40 heavy (non-hydrogen) atoms. The summed E-state index contributed by atoms with van der Waals surface area (Å²) in [5.41, 5.74) is 4.11. The van der Waals surface area contributed by atoms with Gasteiger partial charge >= 0.3 is 5.97 Å². The topological polar surface area (TPSA) is 80.3 Å². The van der Waals surface area contributed by atoms with Crippen molar-refractivity contribution in [3.8, 4) is 17.2 Å². The van der Waals surface area contributed by atoms with Crippen LogP contribution in [0.15, 0.2) is 103 Å². The van der Waals surface area contributed by atoms with Gasteiger partial charge in [0.05, 0.1) is 17.9 Å². The smallest absolute Gasteiger partial charge is 0.333 e. The molecule has 0 saturated heterocycles. The molecular weight excluding hydrogens is 504 g/mol. The molecule has 0 aliphatic carbocycles. The molecule has 1 heterocycles. The lowest BCUT2D eigenvalue weighted by Crippen LogP contribution is -2.26. The number of hydrogen-bond acceptors (Lipinski definition) is 6. The zero-order chi connectivity index (χ0) is 28.2. The van der Waals surface area contributed by atoms with Gasteiger partial charge in [0.2, 0.25) is 0 Å². The fraction of sp³-hybridized carbons (Fsp3) is 0.242. The lowest BCUT2D eigenvalue weighted by atomic mass is 10.1. The van der Waals surface area contributed by atoms with Crippen LogP contribution in [0.4, 0.5) is 17.1 Å². The van der Waals surface area contributed by atoms with Gasteiger partial charge in [-0.2, -0.15) is 0 Å². The number of aliphatic carboxylic acids is 1. The number of ether oxygens (including phenoxy) is 3. The first kappa shape index (κ1) is 28.5. The van der Waals surface area contributed by atoms with Gasteiger partial charge in [-0.3, -0.25) is 0 Å². The van der Waals surface area contributed by atoms with Crippen LogP contribution in [-0.2, 0) is 16.0 Å². The van der Waals surface area contributed by atoms with E-state index in [-0.39, 0.29) is 0 Å². The highest BCUT2D eigenvalue weighted by Crippen LogP contribution is 2.45. The summed E-state index contributed by atoms with van der Waals surface area (Å²) in [5.74, 6) is 1.44. The number of carboxylic acids is 1. The van der Waals surface area contributed by atoms with E-state index in [1.165, 1.54) is 5.69 Å². The first-order valence-corrected chi connectivity index (χ1v) is 13.6. The summed E-state index contributed by atoms with van der Waals surface area (Å²) in [5, 5.41) is 12.4. The highest BCUT2D eigenvalue weighted by atomic mass is 16.5. The Hall–Kier alpha value is -4.49. The number of nitrogens with zero attached hydrogens (tertiary/aromatic N) is 1. The Morgan fingerprint density at radius 3 is 2.02 bits per heavy atom. The molecule has 208 valence electrons. The van der Waals surface area contributed by atoms with E-state index >= 15 is 0 Å². The van der Waals surface area contributed by atoms with Gasteiger partial charge in [-0.05, 0) is 67.9 Å². The van der Waals surface area contributed by atoms with E-state index in [1.54, 1.807) is 6.92 Å². The van der Waals surface area contributed by atoms with Crippen molar-refractivity contribution in [1.29, 1.82) is 0 Å². The van der Waals surface area contributed by atoms with Crippen LogP contribution in [0.2, 0.25) is 0 Å². The molecule has 5 rings (SSSR count). The zero-order valence-electron chi connectivity index (χ0n) is 23.0. The maximum atomic E-state index is 11.3. The largest absolute Gasteiger partial charge is 0.492 e. The molecule has 0 aromatic heterocycles. The molecule has 2 N–H and O–H groups in total. The van der Waals surface area contributed by atoms with Crippen molar-refractivity contribution in [2.24, 2.45) is 0 Å². The minimum Gasteiger partial charge on any atom is -0.492 e. The normalized spacial score (nSPS) is 12.1. The van der Waals surface area contributed by atoms with Crippen LogP contribution in [0.1, 0.15) is 19.4 Å². The van der Waals surface area contributed by atoms with Crippen molar-refractivity contribution < 1.29 is 24.1 Å². The molecule has 1 aliphatic heterocycles. The molecular formula is C33H36N2O5. The number of nitrogens with one attached hydrogen (secondary N) is 1. The SMILES string of the molecule is CCNc1ccccc1.CCOC(Cc1ccc(OCCN2c3ccccc3Oc3ccccc32)cc1)C(=O)O. The molecule has 7 heteroatoms. The van der Waals surface area contributed by atoms with E-state index in [4.69, 9.17) is 14.2 Å². The highest BCUT2D eigenvalue weighted by Gasteiger charge is 2.23. The van der Waals surface area contributed by atoms with Crippen LogP contribution in [0.3, 0.4) is 0 Å². The first-order chi connectivity index (χ1) is 19.6. The maximum Gasteiger partial charge on any atom is 0.333 e. The van der Waals surface area contributed by atoms with E-state index < -0.39 is 12.1 Å². The number of carboxylic acid groups (broad SMARTS) is 1. The van der Waals surface area contributed by atoms with E-state index in [0.29, 0.717) is 26.2 Å². The standard InChI is InChI=1S/C25H25NO5.C8H11N/c1-2-29-24(25(27)28)17-18-11-13-19(14-12-18)30-16-15-26-20-7-3-5-9-22(20)31-23-10-6-4-8-21(23)26;1-2-9-8-6-4-3-5-7-8/h3-14,24H,2,15-17H2,1H3,(H,27,28);3-7,9H,2H2,1H3. The summed E-state index contributed by atoms with van der Waals surface area (Å²) < 4.78 is 17.3. The van der Waals surface area contributed by atoms with Gasteiger partial charge in [0.25, 0.3) is 0 Å². The minimum absolute atomic E-state index is 0.324. The van der Waals surface area contributed by atoms with Crippen molar-refractivity contribution in [1.82, 2.24) is 0 Å². The molecule has 0 radical (unpaired) electrons. The molecule has 1 aliphatic rings. The second kappa shape index (κ2) is 14.6. The van der Waals surface area contributed by atoms with Gasteiger partial charge in [0, 0.05) is 25.3 Å². The number of hydrogen-bond donors (Lipinski definition) is 2. The third-order valence-corrected chi connectivity index (χ3v) is 6.26. The predicted molar refractivity (Wildman–Crippen MR) is 159 cm³/mol. The van der Waals surface area contributed by atoms with Crippen LogP contribution in [0.5, 0.6) is 17.2 Å². The van der Waals surface area contributed by atoms with E-state index in [1.807, 2.05) is 91.0 Å². The van der Waals surface area contributed by atoms with Crippen molar-refractivity contribution >= 4 is 23.0 Å². The Bertz CT molecular complexity index is 1300. The van der Waals surface area contributed by atoms with Crippen molar-refractivity contribution in [3.05, 3.63) is 109 Å². The van der Waals surface area contributed by atoms with Gasteiger partial charge in [-0.25, -0.2) is 4.79 Å². The molecule has 4 aromatic rings. The predicted octanol–water partition coefficient (Wildman–Crippen LogP) is 7.16. The lowest BCUT2D eigenvalue weighted by molar-refractivity contribution is -0.149. The maximum absolute atomic E-state index is 11.3. The number of anilines is 3. The zero-order valence-corrected chi connectivity index (χ0v) is 23.0. The Morgan fingerprint density at radius 1 is 0.850 bits per heavy atom. The Labute approximate surface area is 235 Å². The number of carbonyl (C=O) groups is 1. The third kappa shape index (κ3) is 7.77. The van der Waals surface area contributed by atoms with Crippen molar-refractivity contribution in [2.75, 3.05) is 36.5 Å². The summed E-state index contributed by atoms with van der Waals surface area (Å²) in [6, 6.07) is 33.6. The van der Waals surface area contributed by atoms with Crippen LogP contribution in [0, 0.1) is 0 Å². The van der Waals surface area contributed by atoms with Gasteiger partial charge < -0.3 is 29.5 Å². The summed E-state index contributed by atoms with van der Waals surface area (Å²) in [6.07, 6.45) is -0.511. The average molecular weight is 541 g/mol. The molecule has 1 unspecified atom stereocenters. The molecule has 7 nitrogen and oxygen atoms in total. The van der Waals surface area contributed by atoms with Crippen LogP contribution in [-0.4, -0.2) is 43.5 Å². The quantitative estimate of drug-likeness (QED) is 0.209. The Morgan fingerprint density at radius 2 is 1.45 bits per heavy atom. The number of fused-ring (bicyclic) bond motifs is 2. The molecule has 0 fully saturated rings. The lowest BCUT2D eigenvalue weighted by Gasteiger charge is -2.32. The average Bonchev–Trinajstić information content (AvgIpc) is 2.98. The fourth-order valence-corrected chi connectivity index (χ4v) is 4.39. The van der Waals surface area contributed by atoms with Gasteiger partial charge in [-0.1, -0.05) is 54.6 Å². The molecule has 4 aromatic carbocycles. The fourth-order valence-electron chi connectivity index (χ4n) is 4.39. The second-order valence-electron chi connectivity index (χ2n) is 9.06. The monoisotopic (exact) mass is 540 g/mol. The summed E-state index contributed by atoms with van der Waals surface area (Å²) in [7, 11) is 0. The molecule has 0 spiro atoms. The number of para-hydroxylation sites is 5. The summed E-state index contributed by atoms with van der Waals surface area (Å²) in [4.78, 5) is 13.5. The molecule has 0 bridgehead atoms. The van der Waals surface area contributed by atoms with Gasteiger partial charge in [0.1, 0.15) is 12.4 Å². The summed E-state index contributed by atoms with van der Waals surface area (Å²) in [6.45, 7) is 6.38. The summed E-state index contributed by atoms with van der Waals surface area (Å²) >= 11 is 0. The third-order valence-electron chi connectivity index (χ3n) is 6.26. The van der Waals surface area contributed by atoms with E-state index in [0.717, 1.165) is 40.7 Å². The van der Waals surface area contributed by atoms with Crippen LogP contribution >= 0.6 is 0 Å². The Kier molecular flexibility index (Phi) is 10.4. The van der Waals surface area contributed by atoms with Crippen molar-refractivity contribution in [3.63, 3.8) is 0 Å². The van der Waals surface area contributed by atoms with Gasteiger partial charge in [0.15, 0.2) is 17.6 Å². The second-order valence-corrected chi connectivity index (χ2v) is 9.06. The van der Waals surface area contributed by atoms with Crippen molar-refractivity contribution in [2.45, 2.75) is 26.4 Å². The number of rotatable bonds is 11. The van der Waals surface area contributed by atoms with E-state index in [2.05, 4.69) is 29.3 Å². The highest BCUT2D eigenvalue weighted by molar-refractivity contribution is 5.77. The van der Waals surface area contributed by atoms with Crippen LogP contribution < -0.4 is 19.7 Å². The number of benzene rings is 4. The minimum atomic E-state index is -0.951. The molecule has 1 atom stereocenters. The van der Waals surface area contributed by atoms with Gasteiger partial charge in [-0.15, -0.1) is 0 Å². The van der Waals surface area contributed by atoms with Crippen LogP contribution in [0.25, 0.3) is 0 Å².